The van der Waals surface area contributed by atoms with Crippen LogP contribution in [0.5, 0.6) is 0 Å². The summed E-state index contributed by atoms with van der Waals surface area (Å²) in [6, 6.07) is 3.54. The summed E-state index contributed by atoms with van der Waals surface area (Å²) >= 11 is 4.71. The minimum absolute atomic E-state index is 0.221. The lowest BCUT2D eigenvalue weighted by atomic mass is 10.3. The van der Waals surface area contributed by atoms with Crippen LogP contribution in [0.25, 0.3) is 0 Å². The van der Waals surface area contributed by atoms with E-state index in [0.29, 0.717) is 17.9 Å². The number of H-pyrrole nitrogens is 2. The van der Waals surface area contributed by atoms with Gasteiger partial charge >= 0.3 is 0 Å². The molecule has 0 unspecified atom stereocenters. The number of rotatable bonds is 2. The summed E-state index contributed by atoms with van der Waals surface area (Å²) in [6.07, 6.45) is 1.91. The fourth-order valence-corrected chi connectivity index (χ4v) is 1.21. The Kier molecular flexibility index (Phi) is 2.28. The van der Waals surface area contributed by atoms with Gasteiger partial charge in [0, 0.05) is 0 Å². The molecule has 0 fully saturated rings. The SMILES string of the molecule is O=c1[nH]c(=S)[nH]nc1Cc1ccco1. The molecule has 0 aromatic carbocycles. The fourth-order valence-electron chi connectivity index (χ4n) is 1.07. The second-order valence-corrected chi connectivity index (χ2v) is 3.12. The van der Waals surface area contributed by atoms with Gasteiger partial charge in [-0.25, -0.2) is 0 Å². The predicted octanol–water partition coefficient (Wildman–Crippen LogP) is 1.01. The minimum Gasteiger partial charge on any atom is -0.469 e. The zero-order valence-corrected chi connectivity index (χ0v) is 7.93. The van der Waals surface area contributed by atoms with E-state index in [0.717, 1.165) is 0 Å². The molecule has 6 heteroatoms. The number of nitrogens with zero attached hydrogens (tertiary/aromatic N) is 1. The number of hydrogen-bond donors (Lipinski definition) is 2. The summed E-state index contributed by atoms with van der Waals surface area (Å²) in [5.41, 5.74) is 0.0682. The number of aromatic amines is 2. The highest BCUT2D eigenvalue weighted by atomic mass is 32.1. The Balaban J connectivity index is 2.35. The average Bonchev–Trinajstić information content (AvgIpc) is 2.62. The maximum absolute atomic E-state index is 11.3. The molecule has 0 bridgehead atoms. The summed E-state index contributed by atoms with van der Waals surface area (Å²) in [5, 5.41) is 6.34. The third-order valence-corrected chi connectivity index (χ3v) is 1.90. The second kappa shape index (κ2) is 3.59. The number of furan rings is 1. The first-order chi connectivity index (χ1) is 6.75. The topological polar surface area (TPSA) is 74.7 Å². The maximum atomic E-state index is 11.3. The molecule has 0 aliphatic heterocycles. The monoisotopic (exact) mass is 209 g/mol. The van der Waals surface area contributed by atoms with Crippen molar-refractivity contribution in [2.45, 2.75) is 6.42 Å². The average molecular weight is 209 g/mol. The molecule has 5 nitrogen and oxygen atoms in total. The van der Waals surface area contributed by atoms with E-state index >= 15 is 0 Å². The van der Waals surface area contributed by atoms with Gasteiger partial charge in [-0.3, -0.25) is 14.9 Å². The lowest BCUT2D eigenvalue weighted by molar-refractivity contribution is 0.517. The van der Waals surface area contributed by atoms with Crippen molar-refractivity contribution in [3.63, 3.8) is 0 Å². The Morgan fingerprint density at radius 3 is 3.07 bits per heavy atom. The molecule has 0 saturated carbocycles. The Bertz CT molecular complexity index is 526. The highest BCUT2D eigenvalue weighted by Gasteiger charge is 2.04. The summed E-state index contributed by atoms with van der Waals surface area (Å²) < 4.78 is 5.31. The van der Waals surface area contributed by atoms with E-state index in [9.17, 15) is 4.79 Å². The zero-order valence-electron chi connectivity index (χ0n) is 7.11. The first-order valence-electron chi connectivity index (χ1n) is 3.96. The van der Waals surface area contributed by atoms with Gasteiger partial charge < -0.3 is 4.42 Å². The van der Waals surface area contributed by atoms with Crippen molar-refractivity contribution < 1.29 is 4.42 Å². The molecule has 2 N–H and O–H groups in total. The largest absolute Gasteiger partial charge is 0.469 e. The van der Waals surface area contributed by atoms with Crippen molar-refractivity contribution in [1.82, 2.24) is 15.2 Å². The molecular weight excluding hydrogens is 202 g/mol. The molecule has 2 rings (SSSR count). The Labute approximate surface area is 83.8 Å². The highest BCUT2D eigenvalue weighted by molar-refractivity contribution is 7.71. The molecule has 0 radical (unpaired) electrons. The third kappa shape index (κ3) is 1.80. The molecule has 0 saturated heterocycles. The van der Waals surface area contributed by atoms with Crippen molar-refractivity contribution in [2.75, 3.05) is 0 Å². The molecular formula is C8H7N3O2S. The molecule has 0 amide bonds. The van der Waals surface area contributed by atoms with Gasteiger partial charge in [0.15, 0.2) is 4.77 Å². The maximum Gasteiger partial charge on any atom is 0.274 e. The van der Waals surface area contributed by atoms with E-state index in [1.165, 1.54) is 0 Å². The van der Waals surface area contributed by atoms with Crippen molar-refractivity contribution in [2.24, 2.45) is 0 Å². The molecule has 14 heavy (non-hydrogen) atoms. The van der Waals surface area contributed by atoms with Crippen LogP contribution in [0.15, 0.2) is 27.6 Å². The zero-order chi connectivity index (χ0) is 9.97. The molecule has 72 valence electrons. The number of nitrogens with one attached hydrogen (secondary N) is 2. The highest BCUT2D eigenvalue weighted by Crippen LogP contribution is 2.03. The summed E-state index contributed by atoms with van der Waals surface area (Å²) in [6.45, 7) is 0. The smallest absolute Gasteiger partial charge is 0.274 e. The minimum atomic E-state index is -0.287. The molecule has 2 aromatic heterocycles. The van der Waals surface area contributed by atoms with Gasteiger partial charge in [0.1, 0.15) is 11.5 Å². The van der Waals surface area contributed by atoms with Crippen molar-refractivity contribution in [1.29, 1.82) is 0 Å². The Morgan fingerprint density at radius 1 is 1.57 bits per heavy atom. The third-order valence-electron chi connectivity index (χ3n) is 1.70. The number of aromatic nitrogens is 3. The number of hydrogen-bond acceptors (Lipinski definition) is 4. The van der Waals surface area contributed by atoms with Gasteiger partial charge in [0.25, 0.3) is 5.56 Å². The van der Waals surface area contributed by atoms with Crippen molar-refractivity contribution >= 4 is 12.2 Å². The van der Waals surface area contributed by atoms with Crippen LogP contribution in [0, 0.1) is 4.77 Å². The Morgan fingerprint density at radius 2 is 2.43 bits per heavy atom. The van der Waals surface area contributed by atoms with Crippen LogP contribution >= 0.6 is 12.2 Å². The van der Waals surface area contributed by atoms with Gasteiger partial charge in [-0.2, -0.15) is 5.10 Å². The lowest BCUT2D eigenvalue weighted by Gasteiger charge is -1.94. The van der Waals surface area contributed by atoms with E-state index < -0.39 is 0 Å². The summed E-state index contributed by atoms with van der Waals surface area (Å²) in [4.78, 5) is 13.8. The fraction of sp³-hybridized carbons (Fsp3) is 0.125. The first kappa shape index (κ1) is 8.89. The van der Waals surface area contributed by atoms with E-state index in [1.807, 2.05) is 0 Å². The van der Waals surface area contributed by atoms with Crippen LogP contribution < -0.4 is 5.56 Å². The van der Waals surface area contributed by atoms with Crippen LogP contribution in [-0.4, -0.2) is 15.2 Å². The molecule has 0 atom stereocenters. The van der Waals surface area contributed by atoms with Crippen LogP contribution in [-0.2, 0) is 6.42 Å². The van der Waals surface area contributed by atoms with Crippen LogP contribution in [0.1, 0.15) is 11.5 Å². The van der Waals surface area contributed by atoms with Gasteiger partial charge in [-0.15, -0.1) is 0 Å². The first-order valence-corrected chi connectivity index (χ1v) is 4.37. The Hall–Kier alpha value is -1.69. The van der Waals surface area contributed by atoms with Gasteiger partial charge in [0.2, 0.25) is 0 Å². The molecule has 2 aromatic rings. The molecule has 2 heterocycles. The molecule has 0 aliphatic rings. The van der Waals surface area contributed by atoms with Crippen LogP contribution in [0.3, 0.4) is 0 Å². The van der Waals surface area contributed by atoms with E-state index in [1.54, 1.807) is 18.4 Å². The summed E-state index contributed by atoms with van der Waals surface area (Å²) in [5.74, 6) is 0.688. The summed E-state index contributed by atoms with van der Waals surface area (Å²) in [7, 11) is 0. The van der Waals surface area contributed by atoms with Gasteiger partial charge in [-0.05, 0) is 24.4 Å². The van der Waals surface area contributed by atoms with Gasteiger partial charge in [-0.1, -0.05) is 0 Å². The quantitative estimate of drug-likeness (QED) is 0.724. The van der Waals surface area contributed by atoms with Crippen molar-refractivity contribution in [3.05, 3.63) is 45.0 Å². The molecule has 0 spiro atoms. The van der Waals surface area contributed by atoms with Gasteiger partial charge in [0.05, 0.1) is 12.7 Å². The molecule has 0 aliphatic carbocycles. The normalized spacial score (nSPS) is 10.3. The van der Waals surface area contributed by atoms with E-state index in [2.05, 4.69) is 15.2 Å². The predicted molar refractivity (Wildman–Crippen MR) is 51.6 cm³/mol. The van der Waals surface area contributed by atoms with E-state index in [4.69, 9.17) is 16.6 Å². The lowest BCUT2D eigenvalue weighted by Crippen LogP contribution is -2.16. The van der Waals surface area contributed by atoms with Crippen LogP contribution in [0.4, 0.5) is 0 Å². The van der Waals surface area contributed by atoms with Crippen molar-refractivity contribution in [3.8, 4) is 0 Å². The van der Waals surface area contributed by atoms with Crippen LogP contribution in [0.2, 0.25) is 0 Å². The second-order valence-electron chi connectivity index (χ2n) is 2.71. The van der Waals surface area contributed by atoms with E-state index in [-0.39, 0.29) is 10.3 Å². The standard InChI is InChI=1S/C8H7N3O2S/c12-7-6(10-11-8(14)9-7)4-5-2-1-3-13-5/h1-3H,4H2,(H2,9,11,12,14).